The highest BCUT2D eigenvalue weighted by molar-refractivity contribution is 5.95. The third-order valence-electron chi connectivity index (χ3n) is 5.36. The van der Waals surface area contributed by atoms with Gasteiger partial charge in [0.05, 0.1) is 23.4 Å². The van der Waals surface area contributed by atoms with Crippen molar-refractivity contribution in [1.82, 2.24) is 19.8 Å². The Morgan fingerprint density at radius 3 is 2.23 bits per heavy atom. The molecule has 0 bridgehead atoms. The van der Waals surface area contributed by atoms with Crippen molar-refractivity contribution in [1.29, 1.82) is 0 Å². The van der Waals surface area contributed by atoms with Gasteiger partial charge in [-0.3, -0.25) is 19.6 Å². The summed E-state index contributed by atoms with van der Waals surface area (Å²) in [6, 6.07) is 19.2. The molecular weight excluding hydrogens is 376 g/mol. The van der Waals surface area contributed by atoms with Gasteiger partial charge in [0.2, 0.25) is 5.91 Å². The van der Waals surface area contributed by atoms with Gasteiger partial charge in [-0.15, -0.1) is 0 Å². The molecule has 1 fully saturated rings. The summed E-state index contributed by atoms with van der Waals surface area (Å²) in [7, 11) is 0. The van der Waals surface area contributed by atoms with Crippen molar-refractivity contribution in [2.24, 2.45) is 0 Å². The van der Waals surface area contributed by atoms with E-state index in [1.165, 1.54) is 0 Å². The van der Waals surface area contributed by atoms with E-state index >= 15 is 0 Å². The Bertz CT molecular complexity index is 1030. The fraction of sp³-hybridized carbons (Fsp3) is 0.250. The number of carbonyl (C=O) groups excluding carboxylic acids is 2. The average molecular weight is 400 g/mol. The zero-order chi connectivity index (χ0) is 20.9. The summed E-state index contributed by atoms with van der Waals surface area (Å²) in [5, 5.41) is 0. The number of pyridine rings is 2. The van der Waals surface area contributed by atoms with Crippen LogP contribution < -0.4 is 0 Å². The normalized spacial score (nSPS) is 13.9. The molecule has 4 rings (SSSR count). The first-order valence-corrected chi connectivity index (χ1v) is 10.1. The summed E-state index contributed by atoms with van der Waals surface area (Å²) in [4.78, 5) is 38.0. The molecule has 30 heavy (non-hydrogen) atoms. The molecular formula is C24H24N4O2. The highest BCUT2D eigenvalue weighted by Gasteiger charge is 2.26. The van der Waals surface area contributed by atoms with Crippen LogP contribution in [0.4, 0.5) is 0 Å². The van der Waals surface area contributed by atoms with Crippen LogP contribution in [0.3, 0.4) is 0 Å². The van der Waals surface area contributed by atoms with Gasteiger partial charge in [-0.1, -0.05) is 36.4 Å². The van der Waals surface area contributed by atoms with Crippen molar-refractivity contribution in [3.05, 3.63) is 83.8 Å². The fourth-order valence-electron chi connectivity index (χ4n) is 3.66. The van der Waals surface area contributed by atoms with Gasteiger partial charge in [-0.05, 0) is 31.2 Å². The van der Waals surface area contributed by atoms with Gasteiger partial charge in [-0.2, -0.15) is 0 Å². The molecule has 0 spiro atoms. The second-order valence-electron chi connectivity index (χ2n) is 7.37. The highest BCUT2D eigenvalue weighted by atomic mass is 16.2. The first-order valence-electron chi connectivity index (χ1n) is 10.1. The number of nitrogens with zero attached hydrogens (tertiary/aromatic N) is 4. The summed E-state index contributed by atoms with van der Waals surface area (Å²) < 4.78 is 0. The van der Waals surface area contributed by atoms with Crippen LogP contribution in [0, 0.1) is 6.92 Å². The SMILES string of the molecule is Cc1nc(-c2ccccc2)ccc1C(=O)N1CCN(C(=O)Cc2ccccn2)CC1. The van der Waals surface area contributed by atoms with E-state index in [0.29, 0.717) is 38.2 Å². The molecule has 0 atom stereocenters. The maximum Gasteiger partial charge on any atom is 0.255 e. The van der Waals surface area contributed by atoms with Crippen LogP contribution in [0.1, 0.15) is 21.7 Å². The number of amides is 2. The number of aromatic nitrogens is 2. The van der Waals surface area contributed by atoms with Gasteiger partial charge in [0.1, 0.15) is 0 Å². The number of piperazine rings is 1. The number of aryl methyl sites for hydroxylation is 1. The summed E-state index contributed by atoms with van der Waals surface area (Å²) in [5.74, 6) is 0.0160. The topological polar surface area (TPSA) is 66.4 Å². The minimum atomic E-state index is -0.0311. The quantitative estimate of drug-likeness (QED) is 0.675. The molecule has 3 aromatic rings. The number of rotatable bonds is 4. The molecule has 1 saturated heterocycles. The van der Waals surface area contributed by atoms with Crippen LogP contribution in [-0.2, 0) is 11.2 Å². The lowest BCUT2D eigenvalue weighted by molar-refractivity contribution is -0.132. The van der Waals surface area contributed by atoms with Crippen molar-refractivity contribution >= 4 is 11.8 Å². The monoisotopic (exact) mass is 400 g/mol. The van der Waals surface area contributed by atoms with E-state index in [0.717, 1.165) is 22.6 Å². The van der Waals surface area contributed by atoms with Crippen LogP contribution in [0.25, 0.3) is 11.3 Å². The molecule has 152 valence electrons. The Hall–Kier alpha value is -3.54. The Labute approximate surface area is 176 Å². The minimum Gasteiger partial charge on any atom is -0.339 e. The first-order chi connectivity index (χ1) is 14.6. The zero-order valence-electron chi connectivity index (χ0n) is 17.0. The number of carbonyl (C=O) groups is 2. The minimum absolute atomic E-state index is 0.0311. The molecule has 0 N–H and O–H groups in total. The molecule has 1 aliphatic rings. The number of hydrogen-bond acceptors (Lipinski definition) is 4. The summed E-state index contributed by atoms with van der Waals surface area (Å²) in [6.45, 7) is 3.98. The first kappa shape index (κ1) is 19.8. The van der Waals surface area contributed by atoms with E-state index in [1.807, 2.05) is 72.5 Å². The number of benzene rings is 1. The predicted molar refractivity (Wildman–Crippen MR) is 115 cm³/mol. The lowest BCUT2D eigenvalue weighted by Gasteiger charge is -2.35. The molecule has 0 aliphatic carbocycles. The second kappa shape index (κ2) is 8.86. The van der Waals surface area contributed by atoms with E-state index in [9.17, 15) is 9.59 Å². The van der Waals surface area contributed by atoms with Crippen LogP contribution in [0.15, 0.2) is 66.9 Å². The van der Waals surface area contributed by atoms with Gasteiger partial charge in [0.25, 0.3) is 5.91 Å². The van der Waals surface area contributed by atoms with E-state index < -0.39 is 0 Å². The van der Waals surface area contributed by atoms with Gasteiger partial charge in [0.15, 0.2) is 0 Å². The second-order valence-corrected chi connectivity index (χ2v) is 7.37. The maximum absolute atomic E-state index is 13.0. The van der Waals surface area contributed by atoms with Crippen molar-refractivity contribution in [2.45, 2.75) is 13.3 Å². The van der Waals surface area contributed by atoms with E-state index in [1.54, 1.807) is 11.1 Å². The molecule has 2 aromatic heterocycles. The molecule has 2 amide bonds. The van der Waals surface area contributed by atoms with E-state index in [4.69, 9.17) is 0 Å². The summed E-state index contributed by atoms with van der Waals surface area (Å²) in [6.07, 6.45) is 1.98. The van der Waals surface area contributed by atoms with Gasteiger partial charge < -0.3 is 9.80 Å². The maximum atomic E-state index is 13.0. The molecule has 1 aliphatic heterocycles. The third kappa shape index (κ3) is 4.38. The van der Waals surface area contributed by atoms with E-state index in [2.05, 4.69) is 9.97 Å². The molecule has 3 heterocycles. The lowest BCUT2D eigenvalue weighted by Crippen LogP contribution is -2.51. The molecule has 0 radical (unpaired) electrons. The Morgan fingerprint density at radius 2 is 1.57 bits per heavy atom. The lowest BCUT2D eigenvalue weighted by atomic mass is 10.1. The third-order valence-corrected chi connectivity index (χ3v) is 5.36. The highest BCUT2D eigenvalue weighted by Crippen LogP contribution is 2.20. The fourth-order valence-corrected chi connectivity index (χ4v) is 3.66. The average Bonchev–Trinajstić information content (AvgIpc) is 2.80. The van der Waals surface area contributed by atoms with Crippen molar-refractivity contribution in [3.63, 3.8) is 0 Å². The summed E-state index contributed by atoms with van der Waals surface area (Å²) in [5.41, 5.74) is 3.98. The molecule has 6 heteroatoms. The smallest absolute Gasteiger partial charge is 0.255 e. The van der Waals surface area contributed by atoms with Gasteiger partial charge >= 0.3 is 0 Å². The number of hydrogen-bond donors (Lipinski definition) is 0. The molecule has 6 nitrogen and oxygen atoms in total. The summed E-state index contributed by atoms with van der Waals surface area (Å²) >= 11 is 0. The van der Waals surface area contributed by atoms with Crippen molar-refractivity contribution < 1.29 is 9.59 Å². The van der Waals surface area contributed by atoms with Gasteiger partial charge in [-0.25, -0.2) is 0 Å². The Morgan fingerprint density at radius 1 is 0.867 bits per heavy atom. The molecule has 0 saturated carbocycles. The van der Waals surface area contributed by atoms with Crippen molar-refractivity contribution in [3.8, 4) is 11.3 Å². The van der Waals surface area contributed by atoms with Crippen molar-refractivity contribution in [2.75, 3.05) is 26.2 Å². The molecule has 1 aromatic carbocycles. The Kier molecular flexibility index (Phi) is 5.84. The zero-order valence-corrected chi connectivity index (χ0v) is 17.0. The predicted octanol–water partition coefficient (Wildman–Crippen LogP) is 2.98. The van der Waals surface area contributed by atoms with E-state index in [-0.39, 0.29) is 11.8 Å². The van der Waals surface area contributed by atoms with Crippen LogP contribution >= 0.6 is 0 Å². The van der Waals surface area contributed by atoms with Crippen LogP contribution in [0.2, 0.25) is 0 Å². The van der Waals surface area contributed by atoms with Crippen LogP contribution in [-0.4, -0.2) is 57.8 Å². The molecule has 0 unspecified atom stereocenters. The largest absolute Gasteiger partial charge is 0.339 e. The standard InChI is InChI=1S/C24H24N4O2/c1-18-21(10-11-22(26-18)19-7-3-2-4-8-19)24(30)28-15-13-27(14-16-28)23(29)17-20-9-5-6-12-25-20/h2-12H,13-17H2,1H3. The van der Waals surface area contributed by atoms with Gasteiger partial charge in [0, 0.05) is 43.6 Å². The Balaban J connectivity index is 1.38. The van der Waals surface area contributed by atoms with Crippen LogP contribution in [0.5, 0.6) is 0 Å².